The number of furan rings is 1. The Balaban J connectivity index is 1.06. The van der Waals surface area contributed by atoms with Gasteiger partial charge in [0.15, 0.2) is 23.1 Å². The second kappa shape index (κ2) is 12.3. The molecule has 0 fully saturated rings. The van der Waals surface area contributed by atoms with Gasteiger partial charge in [-0.15, -0.1) is 0 Å². The molecule has 6 nitrogen and oxygen atoms in total. The highest BCUT2D eigenvalue weighted by Crippen LogP contribution is 2.37. The molecular formula is C46H28N4O2. The first-order valence-electron chi connectivity index (χ1n) is 17.1. The van der Waals surface area contributed by atoms with Crippen LogP contribution in [0.4, 0.5) is 0 Å². The maximum atomic E-state index is 6.23. The summed E-state index contributed by atoms with van der Waals surface area (Å²) in [6.45, 7) is 0. The minimum Gasteiger partial charge on any atom is -0.456 e. The van der Waals surface area contributed by atoms with Gasteiger partial charge in [0.05, 0.1) is 0 Å². The predicted octanol–water partition coefficient (Wildman–Crippen LogP) is 11.9. The monoisotopic (exact) mass is 668 g/mol. The van der Waals surface area contributed by atoms with Gasteiger partial charge in [0.2, 0.25) is 5.89 Å². The van der Waals surface area contributed by atoms with Gasteiger partial charge in [-0.2, -0.15) is 0 Å². The van der Waals surface area contributed by atoms with Crippen LogP contribution in [-0.4, -0.2) is 19.9 Å². The number of fused-ring (bicyclic) bond motifs is 4. The van der Waals surface area contributed by atoms with Crippen LogP contribution in [0.5, 0.6) is 0 Å². The quantitative estimate of drug-likeness (QED) is 0.175. The SMILES string of the molecule is c1ccc(-c2cccc(-c3nc(-c4ccc(-c5ccc(-c6nc7ccccc7o6)cc5)cc4)nc(-c4cccc5oc6ccccc6c45)n3)c2)cc1. The molecule has 0 spiro atoms. The number of benzene rings is 7. The highest BCUT2D eigenvalue weighted by atomic mass is 16.3. The van der Waals surface area contributed by atoms with E-state index in [4.69, 9.17) is 23.8 Å². The van der Waals surface area contributed by atoms with Gasteiger partial charge in [0.1, 0.15) is 16.7 Å². The highest BCUT2D eigenvalue weighted by molar-refractivity contribution is 6.11. The van der Waals surface area contributed by atoms with Gasteiger partial charge in [-0.3, -0.25) is 0 Å². The smallest absolute Gasteiger partial charge is 0.227 e. The average molecular weight is 669 g/mol. The van der Waals surface area contributed by atoms with Crippen molar-refractivity contribution in [1.29, 1.82) is 0 Å². The van der Waals surface area contributed by atoms with Crippen LogP contribution < -0.4 is 0 Å². The first-order valence-corrected chi connectivity index (χ1v) is 17.1. The Kier molecular flexibility index (Phi) is 7.03. The number of aromatic nitrogens is 4. The molecule has 0 saturated heterocycles. The third-order valence-electron chi connectivity index (χ3n) is 9.41. The topological polar surface area (TPSA) is 77.8 Å². The summed E-state index contributed by atoms with van der Waals surface area (Å²) in [5.74, 6) is 2.38. The zero-order chi connectivity index (χ0) is 34.4. The normalized spacial score (nSPS) is 11.5. The van der Waals surface area contributed by atoms with Crippen molar-refractivity contribution in [1.82, 2.24) is 19.9 Å². The Morgan fingerprint density at radius 3 is 1.67 bits per heavy atom. The molecule has 0 aliphatic carbocycles. The van der Waals surface area contributed by atoms with Gasteiger partial charge >= 0.3 is 0 Å². The lowest BCUT2D eigenvalue weighted by atomic mass is 10.0. The molecule has 0 aliphatic rings. The predicted molar refractivity (Wildman–Crippen MR) is 207 cm³/mol. The van der Waals surface area contributed by atoms with E-state index in [2.05, 4.69) is 89.9 Å². The number of rotatable bonds is 6. The maximum Gasteiger partial charge on any atom is 0.227 e. The lowest BCUT2D eigenvalue weighted by Gasteiger charge is -2.11. The summed E-state index contributed by atoms with van der Waals surface area (Å²) in [7, 11) is 0. The molecular weight excluding hydrogens is 641 g/mol. The Labute approximate surface area is 298 Å². The summed E-state index contributed by atoms with van der Waals surface area (Å²) in [6, 6.07) is 57.2. The van der Waals surface area contributed by atoms with Crippen LogP contribution in [0.3, 0.4) is 0 Å². The number of para-hydroxylation sites is 3. The van der Waals surface area contributed by atoms with Crippen LogP contribution in [0.2, 0.25) is 0 Å². The molecule has 244 valence electrons. The van der Waals surface area contributed by atoms with E-state index in [9.17, 15) is 0 Å². The molecule has 0 saturated carbocycles. The molecule has 7 aromatic carbocycles. The van der Waals surface area contributed by atoms with Gasteiger partial charge in [-0.05, 0) is 64.7 Å². The van der Waals surface area contributed by atoms with Crippen molar-refractivity contribution < 1.29 is 8.83 Å². The number of nitrogens with zero attached hydrogens (tertiary/aromatic N) is 4. The highest BCUT2D eigenvalue weighted by Gasteiger charge is 2.18. The van der Waals surface area contributed by atoms with Gasteiger partial charge in [0, 0.05) is 33.0 Å². The standard InChI is InChI=1S/C46H28N4O2/c1-2-10-29(11-3-1)34-12-8-13-35(28-34)44-48-43(49-45(50-44)37-15-9-19-41-42(37)36-14-4-6-17-39(36)51-41)32-24-20-30(21-25-32)31-22-26-33(27-23-31)46-47-38-16-5-7-18-40(38)52-46/h1-28H. The van der Waals surface area contributed by atoms with E-state index in [1.807, 2.05) is 84.9 Å². The van der Waals surface area contributed by atoms with E-state index in [1.54, 1.807) is 0 Å². The van der Waals surface area contributed by atoms with Gasteiger partial charge in [-0.25, -0.2) is 19.9 Å². The van der Waals surface area contributed by atoms with E-state index in [0.29, 0.717) is 23.4 Å². The summed E-state index contributed by atoms with van der Waals surface area (Å²) in [4.78, 5) is 19.9. The summed E-state index contributed by atoms with van der Waals surface area (Å²) in [5.41, 5.74) is 11.2. The number of oxazole rings is 1. The summed E-state index contributed by atoms with van der Waals surface area (Å²) < 4.78 is 12.2. The Hall–Kier alpha value is -7.18. The van der Waals surface area contributed by atoms with Crippen molar-refractivity contribution in [2.24, 2.45) is 0 Å². The van der Waals surface area contributed by atoms with Crippen molar-refractivity contribution in [3.05, 3.63) is 170 Å². The molecule has 10 aromatic rings. The van der Waals surface area contributed by atoms with Crippen LogP contribution in [0.25, 0.3) is 101 Å². The molecule has 0 amide bonds. The first kappa shape index (κ1) is 29.7. The molecule has 0 unspecified atom stereocenters. The molecule has 0 N–H and O–H groups in total. The van der Waals surface area contributed by atoms with E-state index in [0.717, 1.165) is 77.5 Å². The number of hydrogen-bond acceptors (Lipinski definition) is 6. The Morgan fingerprint density at radius 1 is 0.327 bits per heavy atom. The molecule has 0 aliphatic heterocycles. The first-order chi connectivity index (χ1) is 25.7. The second-order valence-corrected chi connectivity index (χ2v) is 12.7. The van der Waals surface area contributed by atoms with Crippen LogP contribution in [0.1, 0.15) is 0 Å². The van der Waals surface area contributed by atoms with Crippen molar-refractivity contribution >= 4 is 33.0 Å². The third kappa shape index (κ3) is 5.30. The van der Waals surface area contributed by atoms with Gasteiger partial charge in [0.25, 0.3) is 0 Å². The van der Waals surface area contributed by atoms with Gasteiger partial charge < -0.3 is 8.83 Å². The molecule has 3 aromatic heterocycles. The molecule has 3 heterocycles. The summed E-state index contributed by atoms with van der Waals surface area (Å²) >= 11 is 0. The van der Waals surface area contributed by atoms with Crippen LogP contribution in [-0.2, 0) is 0 Å². The molecule has 6 heteroatoms. The lowest BCUT2D eigenvalue weighted by molar-refractivity contribution is 0.620. The fourth-order valence-corrected chi connectivity index (χ4v) is 6.80. The summed E-state index contributed by atoms with van der Waals surface area (Å²) in [5, 5.41) is 2.00. The summed E-state index contributed by atoms with van der Waals surface area (Å²) in [6.07, 6.45) is 0. The largest absolute Gasteiger partial charge is 0.456 e. The molecule has 10 rings (SSSR count). The zero-order valence-corrected chi connectivity index (χ0v) is 27.8. The maximum absolute atomic E-state index is 6.23. The second-order valence-electron chi connectivity index (χ2n) is 12.7. The molecule has 0 atom stereocenters. The van der Waals surface area contributed by atoms with Gasteiger partial charge in [-0.1, -0.05) is 127 Å². The molecule has 52 heavy (non-hydrogen) atoms. The van der Waals surface area contributed by atoms with Crippen molar-refractivity contribution in [2.45, 2.75) is 0 Å². The van der Waals surface area contributed by atoms with Crippen molar-refractivity contribution in [3.63, 3.8) is 0 Å². The fourth-order valence-electron chi connectivity index (χ4n) is 6.80. The van der Waals surface area contributed by atoms with E-state index < -0.39 is 0 Å². The van der Waals surface area contributed by atoms with E-state index in [1.165, 1.54) is 0 Å². The average Bonchev–Trinajstić information content (AvgIpc) is 3.83. The van der Waals surface area contributed by atoms with Crippen molar-refractivity contribution in [3.8, 4) is 67.9 Å². The Morgan fingerprint density at radius 2 is 0.885 bits per heavy atom. The van der Waals surface area contributed by atoms with Crippen LogP contribution >= 0.6 is 0 Å². The third-order valence-corrected chi connectivity index (χ3v) is 9.41. The minimum atomic E-state index is 0.584. The Bertz CT molecular complexity index is 2860. The van der Waals surface area contributed by atoms with Crippen LogP contribution in [0, 0.1) is 0 Å². The van der Waals surface area contributed by atoms with Crippen LogP contribution in [0.15, 0.2) is 179 Å². The molecule has 0 bridgehead atoms. The van der Waals surface area contributed by atoms with Crippen molar-refractivity contribution in [2.75, 3.05) is 0 Å². The fraction of sp³-hybridized carbons (Fsp3) is 0. The lowest BCUT2D eigenvalue weighted by Crippen LogP contribution is -2.00. The molecule has 0 radical (unpaired) electrons. The number of hydrogen-bond donors (Lipinski definition) is 0. The zero-order valence-electron chi connectivity index (χ0n) is 27.8. The van der Waals surface area contributed by atoms with E-state index in [-0.39, 0.29) is 0 Å². The van der Waals surface area contributed by atoms with E-state index >= 15 is 0 Å². The minimum absolute atomic E-state index is 0.584.